The van der Waals surface area contributed by atoms with Crippen molar-refractivity contribution in [3.8, 4) is 0 Å². The van der Waals surface area contributed by atoms with Gasteiger partial charge in [-0.3, -0.25) is 4.98 Å². The quantitative estimate of drug-likeness (QED) is 0.818. The Morgan fingerprint density at radius 3 is 2.73 bits per heavy atom. The molecule has 15 heavy (non-hydrogen) atoms. The van der Waals surface area contributed by atoms with E-state index in [0.29, 0.717) is 0 Å². The molecule has 0 radical (unpaired) electrons. The Bertz CT molecular complexity index is 463. The fourth-order valence-electron chi connectivity index (χ4n) is 1.07. The van der Waals surface area contributed by atoms with Gasteiger partial charge in [0.15, 0.2) is 0 Å². The van der Waals surface area contributed by atoms with Crippen molar-refractivity contribution in [2.75, 3.05) is 0 Å². The molecule has 0 aromatic carbocycles. The first-order chi connectivity index (χ1) is 7.36. The molecule has 2 nitrogen and oxygen atoms in total. The summed E-state index contributed by atoms with van der Waals surface area (Å²) >= 11 is 1.63. The van der Waals surface area contributed by atoms with Crippen molar-refractivity contribution in [3.05, 3.63) is 52.3 Å². The minimum absolute atomic E-state index is 0.776. The van der Waals surface area contributed by atoms with Crippen LogP contribution in [0.4, 0.5) is 0 Å². The van der Waals surface area contributed by atoms with Crippen LogP contribution in [0.5, 0.6) is 0 Å². The van der Waals surface area contributed by atoms with Gasteiger partial charge in [0.25, 0.3) is 0 Å². The van der Waals surface area contributed by atoms with E-state index < -0.39 is 10.8 Å². The molecule has 0 aliphatic heterocycles. The molecule has 4 heteroatoms. The fourth-order valence-corrected chi connectivity index (χ4v) is 2.59. The number of nitrogens with zero attached hydrogens (tertiary/aromatic N) is 1. The van der Waals surface area contributed by atoms with Crippen LogP contribution in [-0.2, 0) is 10.8 Å². The maximum absolute atomic E-state index is 11.7. The van der Waals surface area contributed by atoms with Gasteiger partial charge in [-0.25, -0.2) is 4.21 Å². The van der Waals surface area contributed by atoms with E-state index in [9.17, 15) is 4.21 Å². The van der Waals surface area contributed by atoms with E-state index in [-0.39, 0.29) is 0 Å². The lowest BCUT2D eigenvalue weighted by Gasteiger charge is -1.93. The van der Waals surface area contributed by atoms with Crippen molar-refractivity contribution < 1.29 is 4.21 Å². The van der Waals surface area contributed by atoms with Gasteiger partial charge in [-0.1, -0.05) is 6.07 Å². The van der Waals surface area contributed by atoms with Crippen molar-refractivity contribution >= 4 is 28.2 Å². The molecule has 2 heterocycles. The van der Waals surface area contributed by atoms with Crippen molar-refractivity contribution in [2.24, 2.45) is 0 Å². The van der Waals surface area contributed by atoms with Gasteiger partial charge >= 0.3 is 0 Å². The molecule has 0 aliphatic carbocycles. The molecule has 0 fully saturated rings. The predicted molar refractivity (Wildman–Crippen MR) is 64.0 cm³/mol. The number of rotatable bonds is 3. The summed E-state index contributed by atoms with van der Waals surface area (Å²) in [6.45, 7) is 0. The molecule has 1 atom stereocenters. The second-order valence-corrected chi connectivity index (χ2v) is 5.12. The maximum Gasteiger partial charge on any atom is 0.0777 e. The molecule has 2 rings (SSSR count). The first-order valence-electron chi connectivity index (χ1n) is 4.38. The van der Waals surface area contributed by atoms with Gasteiger partial charge in [-0.2, -0.15) is 0 Å². The first-order valence-corrected chi connectivity index (χ1v) is 6.48. The Hall–Kier alpha value is -1.26. The SMILES string of the molecule is O=S(/C=C\c1cccs1)c1ccncc1. The zero-order chi connectivity index (χ0) is 10.5. The summed E-state index contributed by atoms with van der Waals surface area (Å²) in [5.74, 6) is 0. The highest BCUT2D eigenvalue weighted by Crippen LogP contribution is 2.12. The maximum atomic E-state index is 11.7. The smallest absolute Gasteiger partial charge is 0.0777 e. The number of thiophene rings is 1. The minimum Gasteiger partial charge on any atom is -0.265 e. The van der Waals surface area contributed by atoms with E-state index in [1.807, 2.05) is 23.6 Å². The Balaban J connectivity index is 2.11. The summed E-state index contributed by atoms with van der Waals surface area (Å²) < 4.78 is 11.7. The summed E-state index contributed by atoms with van der Waals surface area (Å²) in [7, 11) is -1.08. The molecule has 76 valence electrons. The van der Waals surface area contributed by atoms with E-state index in [1.54, 1.807) is 41.3 Å². The normalized spacial score (nSPS) is 13.1. The fraction of sp³-hybridized carbons (Fsp3) is 0. The van der Waals surface area contributed by atoms with Crippen LogP contribution < -0.4 is 0 Å². The van der Waals surface area contributed by atoms with E-state index >= 15 is 0 Å². The molecule has 2 aromatic heterocycles. The highest BCUT2D eigenvalue weighted by atomic mass is 32.2. The van der Waals surface area contributed by atoms with Gasteiger partial charge in [0.05, 0.1) is 10.8 Å². The summed E-state index contributed by atoms with van der Waals surface area (Å²) in [5, 5.41) is 3.69. The molecule has 0 saturated carbocycles. The Kier molecular flexibility index (Phi) is 3.42. The number of hydrogen-bond acceptors (Lipinski definition) is 3. The lowest BCUT2D eigenvalue weighted by atomic mass is 10.5. The van der Waals surface area contributed by atoms with Gasteiger partial charge in [-0.15, -0.1) is 11.3 Å². The number of hydrogen-bond donors (Lipinski definition) is 0. The Morgan fingerprint density at radius 2 is 2.07 bits per heavy atom. The van der Waals surface area contributed by atoms with Crippen LogP contribution in [0.25, 0.3) is 6.08 Å². The van der Waals surface area contributed by atoms with Crippen LogP contribution in [0, 0.1) is 0 Å². The molecule has 0 spiro atoms. The van der Waals surface area contributed by atoms with Crippen molar-refractivity contribution in [2.45, 2.75) is 4.90 Å². The summed E-state index contributed by atoms with van der Waals surface area (Å²) in [6, 6.07) is 7.48. The monoisotopic (exact) mass is 235 g/mol. The average molecular weight is 235 g/mol. The van der Waals surface area contributed by atoms with Crippen LogP contribution in [0.2, 0.25) is 0 Å². The lowest BCUT2D eigenvalue weighted by Crippen LogP contribution is -1.85. The zero-order valence-corrected chi connectivity index (χ0v) is 9.50. The van der Waals surface area contributed by atoms with Gasteiger partial charge in [0.1, 0.15) is 0 Å². The summed E-state index contributed by atoms with van der Waals surface area (Å²) in [6.07, 6.45) is 5.17. The van der Waals surface area contributed by atoms with Crippen molar-refractivity contribution in [3.63, 3.8) is 0 Å². The first kappa shape index (κ1) is 10.3. The summed E-state index contributed by atoms with van der Waals surface area (Å²) in [5.41, 5.74) is 0. The molecule has 0 saturated heterocycles. The standard InChI is InChI=1S/C11H9NOS2/c13-15(11-3-6-12-7-4-11)9-5-10-2-1-8-14-10/h1-9H/b9-5-. The van der Waals surface area contributed by atoms with E-state index in [0.717, 1.165) is 9.77 Å². The highest BCUT2D eigenvalue weighted by molar-refractivity contribution is 7.88. The zero-order valence-electron chi connectivity index (χ0n) is 7.87. The van der Waals surface area contributed by atoms with E-state index in [1.165, 1.54) is 0 Å². The molecular weight excluding hydrogens is 226 g/mol. The molecule has 0 bridgehead atoms. The van der Waals surface area contributed by atoms with Crippen LogP contribution >= 0.6 is 11.3 Å². The van der Waals surface area contributed by atoms with E-state index in [4.69, 9.17) is 0 Å². The van der Waals surface area contributed by atoms with Gasteiger partial charge < -0.3 is 0 Å². The predicted octanol–water partition coefficient (Wildman–Crippen LogP) is 2.92. The minimum atomic E-state index is -1.08. The van der Waals surface area contributed by atoms with Crippen molar-refractivity contribution in [1.82, 2.24) is 4.98 Å². The number of aromatic nitrogens is 1. The topological polar surface area (TPSA) is 30.0 Å². The van der Waals surface area contributed by atoms with Crippen LogP contribution in [0.1, 0.15) is 4.88 Å². The van der Waals surface area contributed by atoms with Crippen LogP contribution in [0.15, 0.2) is 52.3 Å². The summed E-state index contributed by atoms with van der Waals surface area (Å²) in [4.78, 5) is 5.77. The van der Waals surface area contributed by atoms with Crippen LogP contribution in [-0.4, -0.2) is 9.19 Å². The van der Waals surface area contributed by atoms with Gasteiger partial charge in [-0.05, 0) is 29.7 Å². The molecule has 0 N–H and O–H groups in total. The van der Waals surface area contributed by atoms with Gasteiger partial charge in [0, 0.05) is 27.6 Å². The Morgan fingerprint density at radius 1 is 1.27 bits per heavy atom. The molecule has 0 amide bonds. The average Bonchev–Trinajstić information content (AvgIpc) is 2.80. The third-order valence-corrected chi connectivity index (χ3v) is 3.74. The van der Waals surface area contributed by atoms with Crippen molar-refractivity contribution in [1.29, 1.82) is 0 Å². The van der Waals surface area contributed by atoms with Crippen LogP contribution in [0.3, 0.4) is 0 Å². The second kappa shape index (κ2) is 5.00. The Labute approximate surface area is 94.8 Å². The lowest BCUT2D eigenvalue weighted by molar-refractivity contribution is 0.688. The second-order valence-electron chi connectivity index (χ2n) is 2.80. The largest absolute Gasteiger partial charge is 0.265 e. The molecular formula is C11H9NOS2. The molecule has 2 aromatic rings. The highest BCUT2D eigenvalue weighted by Gasteiger charge is 1.97. The molecule has 1 unspecified atom stereocenters. The molecule has 0 aliphatic rings. The van der Waals surface area contributed by atoms with E-state index in [2.05, 4.69) is 4.98 Å². The third-order valence-electron chi connectivity index (χ3n) is 1.78. The van der Waals surface area contributed by atoms with Gasteiger partial charge in [0.2, 0.25) is 0 Å². The number of pyridine rings is 1. The third kappa shape index (κ3) is 2.84.